The molecule has 1 aromatic heterocycles. The number of ether oxygens (including phenoxy) is 1. The van der Waals surface area contributed by atoms with Gasteiger partial charge < -0.3 is 10.5 Å². The monoisotopic (exact) mass is 388 g/mol. The molecule has 1 aromatic carbocycles. The van der Waals surface area contributed by atoms with Gasteiger partial charge in [-0.15, -0.1) is 11.3 Å². The third kappa shape index (κ3) is 4.45. The summed E-state index contributed by atoms with van der Waals surface area (Å²) in [5.41, 5.74) is 7.00. The molecule has 0 aliphatic carbocycles. The van der Waals surface area contributed by atoms with Gasteiger partial charge in [-0.3, -0.25) is 19.4 Å². The van der Waals surface area contributed by atoms with E-state index in [0.717, 1.165) is 25.1 Å². The van der Waals surface area contributed by atoms with Crippen LogP contribution in [0.3, 0.4) is 0 Å². The number of piperidine rings is 1. The molecule has 144 valence electrons. The minimum Gasteiger partial charge on any atom is -0.495 e. The molecule has 3 rings (SSSR count). The highest BCUT2D eigenvalue weighted by Crippen LogP contribution is 2.35. The van der Waals surface area contributed by atoms with Crippen molar-refractivity contribution in [1.29, 1.82) is 0 Å². The summed E-state index contributed by atoms with van der Waals surface area (Å²) in [6.45, 7) is 3.72. The second kappa shape index (κ2) is 8.49. The molecule has 0 bridgehead atoms. The van der Waals surface area contributed by atoms with Crippen molar-refractivity contribution in [2.75, 3.05) is 25.1 Å². The van der Waals surface area contributed by atoms with Crippen LogP contribution in [0.15, 0.2) is 29.6 Å². The number of nitrogens with zero attached hydrogens (tertiary/aromatic N) is 3. The van der Waals surface area contributed by atoms with Gasteiger partial charge in [0, 0.05) is 25.4 Å². The third-order valence-electron chi connectivity index (χ3n) is 4.67. The number of amides is 2. The van der Waals surface area contributed by atoms with E-state index in [-0.39, 0.29) is 17.7 Å². The van der Waals surface area contributed by atoms with E-state index in [1.165, 1.54) is 18.3 Å². The zero-order valence-corrected chi connectivity index (χ0v) is 16.4. The number of thiazole rings is 1. The van der Waals surface area contributed by atoms with Gasteiger partial charge in [0.15, 0.2) is 5.13 Å². The number of carbonyl (C=O) groups excluding carboxylic acids is 2. The number of nitrogens with two attached hydrogens (primary N) is 1. The number of primary amides is 1. The number of hydrogen-bond acceptors (Lipinski definition) is 6. The van der Waals surface area contributed by atoms with Crippen molar-refractivity contribution in [3.63, 3.8) is 0 Å². The highest BCUT2D eigenvalue weighted by atomic mass is 32.1. The molecule has 0 spiro atoms. The molecule has 2 aromatic rings. The van der Waals surface area contributed by atoms with Crippen LogP contribution in [0.25, 0.3) is 0 Å². The Kier molecular flexibility index (Phi) is 6.08. The minimum atomic E-state index is -0.238. The molecule has 0 radical (unpaired) electrons. The molecule has 2 N–H and O–H groups in total. The van der Waals surface area contributed by atoms with Crippen LogP contribution in [0, 0.1) is 5.92 Å². The van der Waals surface area contributed by atoms with E-state index in [1.54, 1.807) is 12.0 Å². The van der Waals surface area contributed by atoms with Crippen LogP contribution in [0.5, 0.6) is 5.75 Å². The van der Waals surface area contributed by atoms with Crippen molar-refractivity contribution in [1.82, 2.24) is 9.88 Å². The first-order chi connectivity index (χ1) is 13.0. The van der Waals surface area contributed by atoms with Gasteiger partial charge in [-0.1, -0.05) is 12.1 Å². The molecular weight excluding hydrogens is 364 g/mol. The van der Waals surface area contributed by atoms with Crippen LogP contribution in [0.1, 0.15) is 25.5 Å². The Balaban J connectivity index is 1.78. The van der Waals surface area contributed by atoms with E-state index >= 15 is 0 Å². The second-order valence-electron chi connectivity index (χ2n) is 6.62. The lowest BCUT2D eigenvalue weighted by molar-refractivity contribution is -0.123. The topological polar surface area (TPSA) is 88.8 Å². The summed E-state index contributed by atoms with van der Waals surface area (Å²) >= 11 is 1.42. The normalized spacial score (nSPS) is 17.5. The zero-order chi connectivity index (χ0) is 19.4. The summed E-state index contributed by atoms with van der Waals surface area (Å²) in [7, 11) is 1.58. The van der Waals surface area contributed by atoms with Gasteiger partial charge >= 0.3 is 0 Å². The van der Waals surface area contributed by atoms with Crippen LogP contribution < -0.4 is 15.4 Å². The van der Waals surface area contributed by atoms with Crippen molar-refractivity contribution in [3.8, 4) is 5.75 Å². The van der Waals surface area contributed by atoms with Crippen molar-refractivity contribution < 1.29 is 14.3 Å². The first kappa shape index (κ1) is 19.3. The number of hydrogen-bond donors (Lipinski definition) is 1. The third-order valence-corrected chi connectivity index (χ3v) is 5.54. The average Bonchev–Trinajstić information content (AvgIpc) is 3.10. The maximum Gasteiger partial charge on any atom is 0.230 e. The molecule has 1 fully saturated rings. The van der Waals surface area contributed by atoms with E-state index in [4.69, 9.17) is 10.5 Å². The number of likely N-dealkylation sites (tertiary alicyclic amines) is 1. The summed E-state index contributed by atoms with van der Waals surface area (Å²) in [6.07, 6.45) is 1.80. The largest absolute Gasteiger partial charge is 0.495 e. The Morgan fingerprint density at radius 1 is 1.41 bits per heavy atom. The van der Waals surface area contributed by atoms with E-state index in [1.807, 2.05) is 29.6 Å². The molecular formula is C19H24N4O3S. The van der Waals surface area contributed by atoms with Gasteiger partial charge in [0.05, 0.1) is 24.4 Å². The minimum absolute atomic E-state index is 0.0980. The van der Waals surface area contributed by atoms with Crippen LogP contribution in [0.2, 0.25) is 0 Å². The fraction of sp³-hybridized carbons (Fsp3) is 0.421. The number of para-hydroxylation sites is 2. The number of carbonyl (C=O) groups is 2. The highest BCUT2D eigenvalue weighted by Gasteiger charge is 2.25. The van der Waals surface area contributed by atoms with Crippen LogP contribution >= 0.6 is 11.3 Å². The summed E-state index contributed by atoms with van der Waals surface area (Å²) in [5.74, 6) is 0.147. The summed E-state index contributed by atoms with van der Waals surface area (Å²) in [6, 6.07) is 7.38. The van der Waals surface area contributed by atoms with E-state index in [9.17, 15) is 9.59 Å². The molecule has 0 saturated carbocycles. The van der Waals surface area contributed by atoms with Crippen molar-refractivity contribution >= 4 is 34.0 Å². The highest BCUT2D eigenvalue weighted by molar-refractivity contribution is 7.14. The number of aromatic nitrogens is 1. The maximum atomic E-state index is 12.3. The zero-order valence-electron chi connectivity index (χ0n) is 15.6. The predicted molar refractivity (Wildman–Crippen MR) is 105 cm³/mol. The quantitative estimate of drug-likeness (QED) is 0.821. The molecule has 0 unspecified atom stereocenters. The SMILES string of the molecule is COc1ccccc1N(C(C)=O)c1nc(CN2CCC[C@@H](C(N)=O)C2)cs1. The van der Waals surface area contributed by atoms with E-state index in [0.29, 0.717) is 29.7 Å². The van der Waals surface area contributed by atoms with Gasteiger partial charge in [0.2, 0.25) is 11.8 Å². The van der Waals surface area contributed by atoms with Gasteiger partial charge in [-0.25, -0.2) is 4.98 Å². The molecule has 8 heteroatoms. The molecule has 1 aliphatic rings. The molecule has 1 saturated heterocycles. The van der Waals surface area contributed by atoms with Crippen molar-refractivity contribution in [2.24, 2.45) is 11.7 Å². The first-order valence-corrected chi connectivity index (χ1v) is 9.77. The number of anilines is 2. The predicted octanol–water partition coefficient (Wildman–Crippen LogP) is 2.53. The van der Waals surface area contributed by atoms with Crippen LogP contribution in [-0.4, -0.2) is 41.9 Å². The number of benzene rings is 1. The molecule has 2 amide bonds. The fourth-order valence-electron chi connectivity index (χ4n) is 3.35. The number of rotatable bonds is 6. The standard InChI is InChI=1S/C19H24N4O3S/c1-13(24)23(16-7-3-4-8-17(16)26-2)19-21-15(12-27-19)11-22-9-5-6-14(10-22)18(20)25/h3-4,7-8,12,14H,5-6,9-11H2,1-2H3,(H2,20,25)/t14-/m1/s1. The summed E-state index contributed by atoms with van der Waals surface area (Å²) in [4.78, 5) is 32.2. The first-order valence-electron chi connectivity index (χ1n) is 8.89. The van der Waals surface area contributed by atoms with E-state index in [2.05, 4.69) is 9.88 Å². The summed E-state index contributed by atoms with van der Waals surface area (Å²) < 4.78 is 5.39. The maximum absolute atomic E-state index is 12.3. The van der Waals surface area contributed by atoms with Crippen molar-refractivity contribution in [2.45, 2.75) is 26.3 Å². The molecule has 1 atom stereocenters. The Morgan fingerprint density at radius 3 is 2.89 bits per heavy atom. The Labute approximate surface area is 162 Å². The van der Waals surface area contributed by atoms with E-state index < -0.39 is 0 Å². The fourth-order valence-corrected chi connectivity index (χ4v) is 4.22. The second-order valence-corrected chi connectivity index (χ2v) is 7.46. The van der Waals surface area contributed by atoms with Gasteiger partial charge in [0.1, 0.15) is 5.75 Å². The van der Waals surface area contributed by atoms with Gasteiger partial charge in [-0.2, -0.15) is 0 Å². The molecule has 27 heavy (non-hydrogen) atoms. The van der Waals surface area contributed by atoms with Crippen LogP contribution in [-0.2, 0) is 16.1 Å². The average molecular weight is 388 g/mol. The Bertz CT molecular complexity index is 823. The number of methoxy groups -OCH3 is 1. The molecule has 7 nitrogen and oxygen atoms in total. The van der Waals surface area contributed by atoms with Gasteiger partial charge in [0.25, 0.3) is 0 Å². The molecule has 2 heterocycles. The smallest absolute Gasteiger partial charge is 0.230 e. The Hall–Kier alpha value is -2.45. The Morgan fingerprint density at radius 2 is 2.19 bits per heavy atom. The molecule has 1 aliphatic heterocycles. The van der Waals surface area contributed by atoms with Crippen LogP contribution in [0.4, 0.5) is 10.8 Å². The van der Waals surface area contributed by atoms with Gasteiger partial charge in [-0.05, 0) is 31.5 Å². The lowest BCUT2D eigenvalue weighted by Gasteiger charge is -2.30. The lowest BCUT2D eigenvalue weighted by atomic mass is 9.97. The lowest BCUT2D eigenvalue weighted by Crippen LogP contribution is -2.40. The summed E-state index contributed by atoms with van der Waals surface area (Å²) in [5, 5.41) is 2.56. The van der Waals surface area contributed by atoms with Crippen molar-refractivity contribution in [3.05, 3.63) is 35.3 Å².